The topological polar surface area (TPSA) is 161 Å². The van der Waals surface area contributed by atoms with Gasteiger partial charge in [-0.25, -0.2) is 0 Å². The van der Waals surface area contributed by atoms with E-state index in [0.29, 0.717) is 29.5 Å². The lowest BCUT2D eigenvalue weighted by Gasteiger charge is -2.47. The summed E-state index contributed by atoms with van der Waals surface area (Å²) in [7, 11) is 0. The van der Waals surface area contributed by atoms with E-state index in [4.69, 9.17) is 5.84 Å². The summed E-state index contributed by atoms with van der Waals surface area (Å²) >= 11 is 0. The maximum absolute atomic E-state index is 13.9. The minimum absolute atomic E-state index is 0.143. The molecule has 1 saturated carbocycles. The zero-order chi connectivity index (χ0) is 24.4. The average molecular weight is 464 g/mol. The fourth-order valence-electron chi connectivity index (χ4n) is 5.24. The summed E-state index contributed by atoms with van der Waals surface area (Å²) < 4.78 is 0. The van der Waals surface area contributed by atoms with Crippen LogP contribution in [0.2, 0.25) is 0 Å². The Morgan fingerprint density at radius 3 is 2.62 bits per heavy atom. The van der Waals surface area contributed by atoms with Crippen molar-refractivity contribution < 1.29 is 14.5 Å². The number of nitrogens with zero attached hydrogens (tertiary/aromatic N) is 5. The van der Waals surface area contributed by atoms with Crippen LogP contribution < -0.4 is 5.84 Å². The fourth-order valence-corrected chi connectivity index (χ4v) is 5.24. The molecule has 1 aliphatic carbocycles. The number of nitrogens with two attached hydrogens (primary N) is 1. The number of amides is 2. The van der Waals surface area contributed by atoms with Crippen LogP contribution in [0.5, 0.6) is 0 Å². The summed E-state index contributed by atoms with van der Waals surface area (Å²) in [6, 6.07) is 9.31. The van der Waals surface area contributed by atoms with Crippen LogP contribution in [0.15, 0.2) is 58.0 Å². The molecule has 2 N–H and O–H groups in total. The Morgan fingerprint density at radius 2 is 1.91 bits per heavy atom. The molecule has 11 nitrogen and oxygen atoms in total. The molecule has 1 heterocycles. The third-order valence-corrected chi connectivity index (χ3v) is 6.77. The Kier molecular flexibility index (Phi) is 6.44. The van der Waals surface area contributed by atoms with Gasteiger partial charge in [-0.3, -0.25) is 19.7 Å². The van der Waals surface area contributed by atoms with Gasteiger partial charge in [-0.2, -0.15) is 5.11 Å². The van der Waals surface area contributed by atoms with Crippen LogP contribution in [-0.2, 0) is 4.79 Å². The summed E-state index contributed by atoms with van der Waals surface area (Å²) in [5.41, 5.74) is 1.32. The maximum atomic E-state index is 13.9. The highest BCUT2D eigenvalue weighted by atomic mass is 16.6. The number of aryl methyl sites for hydroxylation is 1. The number of nitro groups is 1. The van der Waals surface area contributed by atoms with E-state index in [1.165, 1.54) is 6.07 Å². The summed E-state index contributed by atoms with van der Waals surface area (Å²) in [5.74, 6) is 2.93. The normalized spacial score (nSPS) is 24.6. The average Bonchev–Trinajstić information content (AvgIpc) is 2.84. The van der Waals surface area contributed by atoms with E-state index in [1.54, 1.807) is 48.2 Å². The molecule has 0 spiro atoms. The van der Waals surface area contributed by atoms with Gasteiger partial charge in [-0.15, -0.1) is 4.91 Å². The molecule has 11 heteroatoms. The van der Waals surface area contributed by atoms with Gasteiger partial charge < -0.3 is 10.7 Å². The van der Waals surface area contributed by atoms with Gasteiger partial charge >= 0.3 is 0 Å². The molecule has 0 saturated heterocycles. The van der Waals surface area contributed by atoms with Gasteiger partial charge in [0.05, 0.1) is 29.0 Å². The lowest BCUT2D eigenvalue weighted by Crippen LogP contribution is -2.54. The van der Waals surface area contributed by atoms with E-state index >= 15 is 0 Å². The molecule has 2 amide bonds. The van der Waals surface area contributed by atoms with Gasteiger partial charge in [0.2, 0.25) is 0 Å². The zero-order valence-corrected chi connectivity index (χ0v) is 18.5. The molecule has 1 aliphatic heterocycles. The monoisotopic (exact) mass is 464 g/mol. The highest BCUT2D eigenvalue weighted by molar-refractivity contribution is 6.01. The van der Waals surface area contributed by atoms with Crippen molar-refractivity contribution in [3.63, 3.8) is 0 Å². The number of nitro benzene ring substituents is 1. The van der Waals surface area contributed by atoms with E-state index in [9.17, 15) is 24.6 Å². The number of carbonyl (C=O) groups excluding carboxylic acids is 2. The highest BCUT2D eigenvalue weighted by Crippen LogP contribution is 2.47. The summed E-state index contributed by atoms with van der Waals surface area (Å²) in [6.45, 7) is 1.61. The summed E-state index contributed by atoms with van der Waals surface area (Å²) in [4.78, 5) is 51.0. The van der Waals surface area contributed by atoms with E-state index in [2.05, 4.69) is 15.5 Å². The van der Waals surface area contributed by atoms with Crippen LogP contribution in [0.3, 0.4) is 0 Å². The van der Waals surface area contributed by atoms with Gasteiger partial charge in [-0.05, 0) is 37.0 Å². The molecule has 4 atom stereocenters. The van der Waals surface area contributed by atoms with Crippen LogP contribution in [0.4, 0.5) is 5.69 Å². The Hall–Kier alpha value is -4.02. The number of benzene rings is 2. The molecular formula is C23H24N6O5. The molecule has 2 aromatic carbocycles. The molecule has 2 aromatic rings. The Labute approximate surface area is 195 Å². The molecular weight excluding hydrogens is 440 g/mol. The largest absolute Gasteiger partial charge is 0.325 e. The van der Waals surface area contributed by atoms with E-state index in [-0.39, 0.29) is 17.2 Å². The quantitative estimate of drug-likeness (QED) is 0.230. The summed E-state index contributed by atoms with van der Waals surface area (Å²) in [6.07, 6.45) is 2.91. The smallest absolute Gasteiger partial charge is 0.296 e. The van der Waals surface area contributed by atoms with Crippen LogP contribution >= 0.6 is 0 Å². The lowest BCUT2D eigenvalue weighted by molar-refractivity contribution is -0.385. The van der Waals surface area contributed by atoms with Crippen molar-refractivity contribution in [3.8, 4) is 0 Å². The van der Waals surface area contributed by atoms with Crippen molar-refractivity contribution in [2.45, 2.75) is 56.7 Å². The number of nitroso groups, excluding NO2 is 1. The Bertz CT molecular complexity index is 1180. The number of fused-ring (bicyclic) bond motifs is 1. The molecule has 1 fully saturated rings. The predicted molar refractivity (Wildman–Crippen MR) is 122 cm³/mol. The predicted octanol–water partition coefficient (Wildman–Crippen LogP) is 4.11. The first-order chi connectivity index (χ1) is 16.4. The van der Waals surface area contributed by atoms with Gasteiger partial charge in [-0.1, -0.05) is 48.4 Å². The third-order valence-electron chi connectivity index (χ3n) is 6.77. The van der Waals surface area contributed by atoms with E-state index in [0.717, 1.165) is 12.8 Å². The van der Waals surface area contributed by atoms with Gasteiger partial charge in [0, 0.05) is 22.4 Å². The number of hydrogen-bond acceptors (Lipinski definition) is 7. The van der Waals surface area contributed by atoms with Gasteiger partial charge in [0.1, 0.15) is 0 Å². The number of rotatable bonds is 5. The van der Waals surface area contributed by atoms with Crippen molar-refractivity contribution in [1.82, 2.24) is 4.90 Å². The van der Waals surface area contributed by atoms with Gasteiger partial charge in [0.15, 0.2) is 0 Å². The molecule has 0 bridgehead atoms. The second-order valence-corrected chi connectivity index (χ2v) is 8.60. The number of carbonyl (C=O) groups is 2. The second-order valence-electron chi connectivity index (χ2n) is 8.60. The molecule has 0 radical (unpaired) electrons. The summed E-state index contributed by atoms with van der Waals surface area (Å²) in [5, 5.41) is 22.0. The molecule has 2 aliphatic rings. The molecule has 4 rings (SSSR count). The fraction of sp³-hybridized carbons (Fsp3) is 0.391. The van der Waals surface area contributed by atoms with E-state index < -0.39 is 34.9 Å². The van der Waals surface area contributed by atoms with Crippen molar-refractivity contribution >= 4 is 17.5 Å². The van der Waals surface area contributed by atoms with Crippen LogP contribution in [0.1, 0.15) is 64.7 Å². The Morgan fingerprint density at radius 1 is 1.18 bits per heavy atom. The van der Waals surface area contributed by atoms with Crippen molar-refractivity contribution in [2.75, 3.05) is 0 Å². The third kappa shape index (κ3) is 3.93. The standard InChI is InChI=1S/C23H24N6O5/c1-13-10-11-14(12-19(13)29(33)34)21-20(22(30)26-32)15-6-2-3-7-16(15)23(31)28(21)18-9-5-4-8-17(18)25-27-24/h2-3,6-7,10-12,17-18,20-21H,4-5,8-9H2,1H3,(H2,24,25). The minimum atomic E-state index is -1.12. The molecule has 0 aromatic heterocycles. The second kappa shape index (κ2) is 9.46. The Balaban J connectivity index is 1.98. The minimum Gasteiger partial charge on any atom is -0.325 e. The highest BCUT2D eigenvalue weighted by Gasteiger charge is 2.49. The van der Waals surface area contributed by atoms with Crippen molar-refractivity contribution in [2.24, 2.45) is 21.4 Å². The van der Waals surface area contributed by atoms with Crippen LogP contribution in [0, 0.1) is 21.9 Å². The lowest BCUT2D eigenvalue weighted by atomic mass is 9.76. The van der Waals surface area contributed by atoms with Crippen LogP contribution in [0.25, 0.3) is 0 Å². The first kappa shape index (κ1) is 23.1. The first-order valence-electron chi connectivity index (χ1n) is 11.0. The molecule has 4 unspecified atom stereocenters. The van der Waals surface area contributed by atoms with Crippen molar-refractivity contribution in [1.29, 1.82) is 0 Å². The zero-order valence-electron chi connectivity index (χ0n) is 18.5. The molecule has 34 heavy (non-hydrogen) atoms. The number of hydrogen-bond donors (Lipinski definition) is 1. The van der Waals surface area contributed by atoms with Gasteiger partial charge in [0.25, 0.3) is 17.5 Å². The first-order valence-corrected chi connectivity index (χ1v) is 11.0. The SMILES string of the molecule is Cc1ccc(C2C(C(=O)N=O)c3ccccc3C(=O)N2C2CCCCC2N=NN)cc1[N+](=O)[O-]. The maximum Gasteiger partial charge on any atom is 0.296 e. The van der Waals surface area contributed by atoms with E-state index in [1.807, 2.05) is 0 Å². The van der Waals surface area contributed by atoms with Crippen molar-refractivity contribution in [3.05, 3.63) is 79.7 Å². The molecule has 176 valence electrons. The van der Waals surface area contributed by atoms with Crippen LogP contribution in [-0.4, -0.2) is 33.7 Å².